The Balaban J connectivity index is 1.42. The van der Waals surface area contributed by atoms with Gasteiger partial charge in [0.2, 0.25) is 5.91 Å². The van der Waals surface area contributed by atoms with Gasteiger partial charge in [-0.2, -0.15) is 0 Å². The second-order valence-electron chi connectivity index (χ2n) is 8.33. The number of hydrogen-bond acceptors (Lipinski definition) is 3. The molecule has 0 aromatic carbocycles. The third kappa shape index (κ3) is 2.98. The van der Waals surface area contributed by atoms with Crippen molar-refractivity contribution in [1.29, 1.82) is 0 Å². The summed E-state index contributed by atoms with van der Waals surface area (Å²) in [6.07, 6.45) is 1.06. The second-order valence-corrected chi connectivity index (χ2v) is 8.33. The number of rotatable bonds is 4. The van der Waals surface area contributed by atoms with Gasteiger partial charge in [0.15, 0.2) is 0 Å². The summed E-state index contributed by atoms with van der Waals surface area (Å²) in [5, 5.41) is 0. The molecule has 0 aliphatic carbocycles. The van der Waals surface area contributed by atoms with Crippen molar-refractivity contribution in [3.63, 3.8) is 0 Å². The Kier molecular flexibility index (Phi) is 4.04. The standard InChI is InChI=1S/C17H31N3O/c1-13(2)7-18-9-17(10-18)11-20(12-17)16(21)15-5-6-19(8-15)14(3)4/h13-15H,5-12H2,1-4H3/t15-/m0/s1. The topological polar surface area (TPSA) is 26.8 Å². The minimum atomic E-state index is 0.261. The van der Waals surface area contributed by atoms with Crippen LogP contribution in [0.3, 0.4) is 0 Å². The van der Waals surface area contributed by atoms with Gasteiger partial charge in [-0.3, -0.25) is 4.79 Å². The number of carbonyl (C=O) groups excluding carboxylic acids is 1. The lowest BCUT2D eigenvalue weighted by Gasteiger charge is -2.61. The van der Waals surface area contributed by atoms with Crippen molar-refractivity contribution in [3.8, 4) is 0 Å². The summed E-state index contributed by atoms with van der Waals surface area (Å²) in [6, 6.07) is 0.571. The van der Waals surface area contributed by atoms with Gasteiger partial charge >= 0.3 is 0 Å². The lowest BCUT2D eigenvalue weighted by atomic mass is 9.72. The van der Waals surface area contributed by atoms with Gasteiger partial charge in [-0.1, -0.05) is 13.8 Å². The summed E-state index contributed by atoms with van der Waals surface area (Å²) >= 11 is 0. The maximum Gasteiger partial charge on any atom is 0.227 e. The molecular weight excluding hydrogens is 262 g/mol. The van der Waals surface area contributed by atoms with E-state index in [9.17, 15) is 4.79 Å². The van der Waals surface area contributed by atoms with Gasteiger partial charge in [-0.05, 0) is 32.7 Å². The molecule has 0 aromatic rings. The fraction of sp³-hybridized carbons (Fsp3) is 0.941. The van der Waals surface area contributed by atoms with E-state index in [0.717, 1.165) is 38.5 Å². The first-order valence-corrected chi connectivity index (χ1v) is 8.64. The van der Waals surface area contributed by atoms with Crippen LogP contribution in [0.2, 0.25) is 0 Å². The molecule has 120 valence electrons. The molecule has 1 amide bonds. The number of carbonyl (C=O) groups is 1. The molecule has 4 heteroatoms. The molecule has 0 N–H and O–H groups in total. The highest BCUT2D eigenvalue weighted by molar-refractivity contribution is 5.80. The highest BCUT2D eigenvalue weighted by Crippen LogP contribution is 2.41. The highest BCUT2D eigenvalue weighted by atomic mass is 16.2. The van der Waals surface area contributed by atoms with E-state index in [2.05, 4.69) is 42.4 Å². The zero-order valence-electron chi connectivity index (χ0n) is 14.1. The van der Waals surface area contributed by atoms with Gasteiger partial charge in [-0.25, -0.2) is 0 Å². The van der Waals surface area contributed by atoms with Crippen LogP contribution in [-0.4, -0.2) is 72.5 Å². The van der Waals surface area contributed by atoms with Gasteiger partial charge in [0.1, 0.15) is 0 Å². The van der Waals surface area contributed by atoms with Crippen molar-refractivity contribution in [2.45, 2.75) is 40.2 Å². The van der Waals surface area contributed by atoms with E-state index in [-0.39, 0.29) is 5.92 Å². The van der Waals surface area contributed by atoms with Crippen LogP contribution < -0.4 is 0 Å². The molecule has 3 saturated heterocycles. The van der Waals surface area contributed by atoms with Crippen LogP contribution in [-0.2, 0) is 4.79 Å². The maximum atomic E-state index is 12.6. The van der Waals surface area contributed by atoms with Crippen LogP contribution in [0, 0.1) is 17.3 Å². The minimum absolute atomic E-state index is 0.261. The smallest absolute Gasteiger partial charge is 0.227 e. The third-order valence-electron chi connectivity index (χ3n) is 5.40. The maximum absolute atomic E-state index is 12.6. The first kappa shape index (κ1) is 15.3. The molecule has 3 aliphatic heterocycles. The van der Waals surface area contributed by atoms with Crippen molar-refractivity contribution in [3.05, 3.63) is 0 Å². The van der Waals surface area contributed by atoms with E-state index in [1.807, 2.05) is 0 Å². The fourth-order valence-electron chi connectivity index (χ4n) is 4.38. The minimum Gasteiger partial charge on any atom is -0.341 e. The zero-order valence-corrected chi connectivity index (χ0v) is 14.1. The Morgan fingerprint density at radius 1 is 1.14 bits per heavy atom. The summed E-state index contributed by atoms with van der Waals surface area (Å²) < 4.78 is 0. The van der Waals surface area contributed by atoms with Crippen LogP contribution >= 0.6 is 0 Å². The molecule has 3 rings (SSSR count). The Hall–Kier alpha value is -0.610. The SMILES string of the molecule is CC(C)CN1CC2(C1)CN(C(=O)[C@H]1CCN(C(C)C)C1)C2. The molecule has 1 spiro atoms. The average Bonchev–Trinajstić information content (AvgIpc) is 2.78. The van der Waals surface area contributed by atoms with Gasteiger partial charge in [-0.15, -0.1) is 0 Å². The first-order chi connectivity index (χ1) is 9.88. The fourth-order valence-corrected chi connectivity index (χ4v) is 4.38. The number of nitrogens with zero attached hydrogens (tertiary/aromatic N) is 3. The Bertz CT molecular complexity index is 393. The van der Waals surface area contributed by atoms with E-state index in [4.69, 9.17) is 0 Å². The van der Waals surface area contributed by atoms with E-state index in [1.54, 1.807) is 0 Å². The molecular formula is C17H31N3O. The van der Waals surface area contributed by atoms with Crippen molar-refractivity contribution in [2.24, 2.45) is 17.3 Å². The van der Waals surface area contributed by atoms with Crippen molar-refractivity contribution in [2.75, 3.05) is 45.8 Å². The van der Waals surface area contributed by atoms with E-state index < -0.39 is 0 Å². The van der Waals surface area contributed by atoms with Gasteiger partial charge in [0.05, 0.1) is 5.92 Å². The largest absolute Gasteiger partial charge is 0.341 e. The van der Waals surface area contributed by atoms with Crippen LogP contribution in [0.15, 0.2) is 0 Å². The second kappa shape index (κ2) is 5.54. The van der Waals surface area contributed by atoms with Gasteiger partial charge < -0.3 is 14.7 Å². The van der Waals surface area contributed by atoms with Crippen molar-refractivity contribution < 1.29 is 4.79 Å². The summed E-state index contributed by atoms with van der Waals surface area (Å²) in [5.41, 5.74) is 0.459. The number of amides is 1. The molecule has 3 heterocycles. The molecule has 0 bridgehead atoms. The van der Waals surface area contributed by atoms with Crippen molar-refractivity contribution >= 4 is 5.91 Å². The van der Waals surface area contributed by atoms with Gasteiger partial charge in [0, 0.05) is 50.7 Å². The summed E-state index contributed by atoms with van der Waals surface area (Å²) in [7, 11) is 0. The van der Waals surface area contributed by atoms with Gasteiger partial charge in [0.25, 0.3) is 0 Å². The highest BCUT2D eigenvalue weighted by Gasteiger charge is 2.53. The van der Waals surface area contributed by atoms with Crippen molar-refractivity contribution in [1.82, 2.24) is 14.7 Å². The normalized spacial score (nSPS) is 29.2. The first-order valence-electron chi connectivity index (χ1n) is 8.64. The Labute approximate surface area is 129 Å². The van der Waals surface area contributed by atoms with Crippen LogP contribution in [0.25, 0.3) is 0 Å². The van der Waals surface area contributed by atoms with E-state index >= 15 is 0 Å². The molecule has 1 atom stereocenters. The summed E-state index contributed by atoms with van der Waals surface area (Å²) in [4.78, 5) is 19.7. The Morgan fingerprint density at radius 2 is 1.81 bits per heavy atom. The van der Waals surface area contributed by atoms with Crippen LogP contribution in [0.4, 0.5) is 0 Å². The molecule has 0 saturated carbocycles. The average molecular weight is 293 g/mol. The third-order valence-corrected chi connectivity index (χ3v) is 5.40. The molecule has 3 fully saturated rings. The monoisotopic (exact) mass is 293 g/mol. The van der Waals surface area contributed by atoms with E-state index in [1.165, 1.54) is 19.6 Å². The molecule has 21 heavy (non-hydrogen) atoms. The number of hydrogen-bond donors (Lipinski definition) is 0. The summed E-state index contributed by atoms with van der Waals surface area (Å²) in [6.45, 7) is 16.7. The quantitative estimate of drug-likeness (QED) is 0.786. The predicted octanol–water partition coefficient (Wildman–Crippen LogP) is 1.52. The van der Waals surface area contributed by atoms with Crippen LogP contribution in [0.1, 0.15) is 34.1 Å². The van der Waals surface area contributed by atoms with E-state index in [0.29, 0.717) is 17.4 Å². The number of likely N-dealkylation sites (tertiary alicyclic amines) is 3. The molecule has 4 nitrogen and oxygen atoms in total. The lowest BCUT2D eigenvalue weighted by Crippen LogP contribution is -2.73. The molecule has 0 unspecified atom stereocenters. The zero-order chi connectivity index (χ0) is 15.2. The molecule has 3 aliphatic rings. The molecule has 0 radical (unpaired) electrons. The lowest BCUT2D eigenvalue weighted by molar-refractivity contribution is -0.163. The predicted molar refractivity (Wildman–Crippen MR) is 85.1 cm³/mol. The van der Waals surface area contributed by atoms with Crippen LogP contribution in [0.5, 0.6) is 0 Å². The molecule has 0 aromatic heterocycles. The summed E-state index contributed by atoms with van der Waals surface area (Å²) in [5.74, 6) is 1.43. The Morgan fingerprint density at radius 3 is 2.33 bits per heavy atom.